The Morgan fingerprint density at radius 2 is 1.96 bits per heavy atom. The van der Waals surface area contributed by atoms with Gasteiger partial charge in [0.05, 0.1) is 12.2 Å². The molecule has 0 radical (unpaired) electrons. The molecular formula is C19H19ClN4OS. The Morgan fingerprint density at radius 1 is 1.19 bits per heavy atom. The first-order valence-corrected chi connectivity index (χ1v) is 9.38. The van der Waals surface area contributed by atoms with E-state index in [-0.39, 0.29) is 12.5 Å². The van der Waals surface area contributed by atoms with Crippen molar-refractivity contribution in [2.45, 2.75) is 13.5 Å². The smallest absolute Gasteiger partial charge is 0.239 e. The molecule has 1 N–H and O–H groups in total. The highest BCUT2D eigenvalue weighted by molar-refractivity contribution is 7.13. The zero-order valence-corrected chi connectivity index (χ0v) is 16.1. The Morgan fingerprint density at radius 3 is 2.69 bits per heavy atom. The van der Waals surface area contributed by atoms with Gasteiger partial charge in [0, 0.05) is 28.2 Å². The molecule has 1 amide bonds. The lowest BCUT2D eigenvalue weighted by Gasteiger charge is -2.14. The Labute approximate surface area is 161 Å². The van der Waals surface area contributed by atoms with Gasteiger partial charge in [0.15, 0.2) is 0 Å². The van der Waals surface area contributed by atoms with Gasteiger partial charge >= 0.3 is 0 Å². The van der Waals surface area contributed by atoms with Gasteiger partial charge in [-0.15, -0.1) is 11.3 Å². The Hall–Kier alpha value is -2.28. The maximum absolute atomic E-state index is 12.2. The SMILES string of the molecule is Cc1cccc(NC(=O)CN(C)Cc2csc(-c3ccc(Cl)cc3)n2)n1. The summed E-state index contributed by atoms with van der Waals surface area (Å²) in [5.41, 5.74) is 2.84. The van der Waals surface area contributed by atoms with Crippen molar-refractivity contribution >= 4 is 34.7 Å². The normalized spacial score (nSPS) is 10.9. The van der Waals surface area contributed by atoms with Gasteiger partial charge in [0.1, 0.15) is 10.8 Å². The monoisotopic (exact) mass is 386 g/mol. The molecule has 0 aliphatic heterocycles. The highest BCUT2D eigenvalue weighted by atomic mass is 35.5. The predicted molar refractivity (Wildman–Crippen MR) is 106 cm³/mol. The van der Waals surface area contributed by atoms with Crippen LogP contribution in [0.25, 0.3) is 10.6 Å². The Kier molecular flexibility index (Phi) is 5.98. The van der Waals surface area contributed by atoms with E-state index in [0.29, 0.717) is 17.4 Å². The van der Waals surface area contributed by atoms with E-state index in [2.05, 4.69) is 15.3 Å². The van der Waals surface area contributed by atoms with Crippen LogP contribution in [0.5, 0.6) is 0 Å². The molecular weight excluding hydrogens is 368 g/mol. The zero-order chi connectivity index (χ0) is 18.5. The van der Waals surface area contributed by atoms with E-state index < -0.39 is 0 Å². The van der Waals surface area contributed by atoms with Crippen LogP contribution in [-0.2, 0) is 11.3 Å². The van der Waals surface area contributed by atoms with Crippen molar-refractivity contribution in [3.63, 3.8) is 0 Å². The summed E-state index contributed by atoms with van der Waals surface area (Å²) in [6.07, 6.45) is 0. The summed E-state index contributed by atoms with van der Waals surface area (Å²) in [5, 5.41) is 6.48. The van der Waals surface area contributed by atoms with Crippen LogP contribution in [0.3, 0.4) is 0 Å². The number of rotatable bonds is 6. The van der Waals surface area contributed by atoms with Gasteiger partial charge in [-0.25, -0.2) is 9.97 Å². The minimum atomic E-state index is -0.0984. The number of aromatic nitrogens is 2. The molecule has 0 bridgehead atoms. The highest BCUT2D eigenvalue weighted by Gasteiger charge is 2.11. The number of anilines is 1. The Bertz CT molecular complexity index is 895. The summed E-state index contributed by atoms with van der Waals surface area (Å²) in [5.74, 6) is 0.473. The van der Waals surface area contributed by atoms with E-state index in [1.807, 2.05) is 60.6 Å². The Balaban J connectivity index is 1.55. The number of carbonyl (C=O) groups is 1. The molecule has 0 saturated carbocycles. The summed E-state index contributed by atoms with van der Waals surface area (Å²) in [6, 6.07) is 13.2. The van der Waals surface area contributed by atoms with Crippen LogP contribution in [0.15, 0.2) is 47.8 Å². The van der Waals surface area contributed by atoms with Crippen molar-refractivity contribution in [3.8, 4) is 10.6 Å². The number of thiazole rings is 1. The second-order valence-electron chi connectivity index (χ2n) is 6.04. The first-order chi connectivity index (χ1) is 12.5. The molecule has 0 fully saturated rings. The minimum Gasteiger partial charge on any atom is -0.310 e. The molecule has 134 valence electrons. The average Bonchev–Trinajstić information content (AvgIpc) is 3.03. The van der Waals surface area contributed by atoms with Crippen LogP contribution < -0.4 is 5.32 Å². The van der Waals surface area contributed by atoms with Gasteiger partial charge in [-0.2, -0.15) is 0 Å². The van der Waals surface area contributed by atoms with Gasteiger partial charge in [0.2, 0.25) is 5.91 Å². The van der Waals surface area contributed by atoms with Crippen LogP contribution in [0.2, 0.25) is 5.02 Å². The molecule has 0 aliphatic rings. The van der Waals surface area contributed by atoms with E-state index in [1.54, 1.807) is 17.4 Å². The van der Waals surface area contributed by atoms with Crippen molar-refractivity contribution in [1.82, 2.24) is 14.9 Å². The first kappa shape index (κ1) is 18.5. The number of carbonyl (C=O) groups excluding carboxylic acids is 1. The standard InChI is InChI=1S/C19H19ClN4OS/c1-13-4-3-5-17(21-13)23-18(25)11-24(2)10-16-12-26-19(22-16)14-6-8-15(20)9-7-14/h3-9,12H,10-11H2,1-2H3,(H,21,23,25). The van der Waals surface area contributed by atoms with Crippen molar-refractivity contribution in [2.75, 3.05) is 18.9 Å². The number of nitrogens with zero attached hydrogens (tertiary/aromatic N) is 3. The van der Waals surface area contributed by atoms with Crippen molar-refractivity contribution in [2.24, 2.45) is 0 Å². The molecule has 7 heteroatoms. The molecule has 3 rings (SSSR count). The van der Waals surface area contributed by atoms with Crippen LogP contribution >= 0.6 is 22.9 Å². The number of hydrogen-bond acceptors (Lipinski definition) is 5. The molecule has 0 saturated heterocycles. The number of benzene rings is 1. The van der Waals surface area contributed by atoms with E-state index in [9.17, 15) is 4.79 Å². The lowest BCUT2D eigenvalue weighted by atomic mass is 10.2. The topological polar surface area (TPSA) is 58.1 Å². The first-order valence-electron chi connectivity index (χ1n) is 8.12. The number of nitrogens with one attached hydrogen (secondary N) is 1. The third-order valence-corrected chi connectivity index (χ3v) is 4.84. The van der Waals surface area contributed by atoms with Gasteiger partial charge in [-0.3, -0.25) is 9.69 Å². The average molecular weight is 387 g/mol. The van der Waals surface area contributed by atoms with Crippen LogP contribution in [0.1, 0.15) is 11.4 Å². The number of halogens is 1. The quantitative estimate of drug-likeness (QED) is 0.688. The molecule has 0 unspecified atom stereocenters. The molecule has 5 nitrogen and oxygen atoms in total. The van der Waals surface area contributed by atoms with Crippen LogP contribution in [0, 0.1) is 6.92 Å². The molecule has 1 aromatic carbocycles. The maximum Gasteiger partial charge on any atom is 0.239 e. The van der Waals surface area contributed by atoms with E-state index >= 15 is 0 Å². The van der Waals surface area contributed by atoms with E-state index in [4.69, 9.17) is 11.6 Å². The van der Waals surface area contributed by atoms with Crippen LogP contribution in [-0.4, -0.2) is 34.4 Å². The van der Waals surface area contributed by atoms with E-state index in [1.165, 1.54) is 0 Å². The zero-order valence-electron chi connectivity index (χ0n) is 14.6. The summed E-state index contributed by atoms with van der Waals surface area (Å²) in [6.45, 7) is 2.75. The predicted octanol–water partition coefficient (Wildman–Crippen LogP) is 4.24. The molecule has 0 aliphatic carbocycles. The number of amides is 1. The van der Waals surface area contributed by atoms with Gasteiger partial charge in [-0.1, -0.05) is 29.8 Å². The van der Waals surface area contributed by atoms with Crippen LogP contribution in [0.4, 0.5) is 5.82 Å². The number of likely N-dealkylation sites (N-methyl/N-ethyl adjacent to an activating group) is 1. The molecule has 3 aromatic rings. The summed E-state index contributed by atoms with van der Waals surface area (Å²) in [4.78, 5) is 23.0. The molecule has 0 spiro atoms. The molecule has 2 aromatic heterocycles. The fourth-order valence-electron chi connectivity index (χ4n) is 2.48. The largest absolute Gasteiger partial charge is 0.310 e. The summed E-state index contributed by atoms with van der Waals surface area (Å²) < 4.78 is 0. The molecule has 26 heavy (non-hydrogen) atoms. The van der Waals surface area contributed by atoms with Gasteiger partial charge in [-0.05, 0) is 38.2 Å². The lowest BCUT2D eigenvalue weighted by molar-refractivity contribution is -0.117. The number of hydrogen-bond donors (Lipinski definition) is 1. The van der Waals surface area contributed by atoms with Crippen molar-refractivity contribution in [3.05, 3.63) is 64.3 Å². The van der Waals surface area contributed by atoms with Gasteiger partial charge in [0.25, 0.3) is 0 Å². The lowest BCUT2D eigenvalue weighted by Crippen LogP contribution is -2.30. The number of pyridine rings is 1. The van der Waals surface area contributed by atoms with Crippen molar-refractivity contribution < 1.29 is 4.79 Å². The summed E-state index contributed by atoms with van der Waals surface area (Å²) in [7, 11) is 1.89. The van der Waals surface area contributed by atoms with Gasteiger partial charge < -0.3 is 5.32 Å². The second-order valence-corrected chi connectivity index (χ2v) is 7.33. The number of aryl methyl sites for hydroxylation is 1. The molecule has 0 atom stereocenters. The third kappa shape index (κ3) is 5.11. The fourth-order valence-corrected chi connectivity index (χ4v) is 3.42. The fraction of sp³-hybridized carbons (Fsp3) is 0.211. The summed E-state index contributed by atoms with van der Waals surface area (Å²) >= 11 is 7.50. The second kappa shape index (κ2) is 8.40. The highest BCUT2D eigenvalue weighted by Crippen LogP contribution is 2.25. The minimum absolute atomic E-state index is 0.0984. The third-order valence-electron chi connectivity index (χ3n) is 3.64. The maximum atomic E-state index is 12.2. The molecule has 2 heterocycles. The van der Waals surface area contributed by atoms with E-state index in [0.717, 1.165) is 22.0 Å². The van der Waals surface area contributed by atoms with Crippen molar-refractivity contribution in [1.29, 1.82) is 0 Å².